The van der Waals surface area contributed by atoms with Gasteiger partial charge in [0.15, 0.2) is 0 Å². The first-order valence-electron chi connectivity index (χ1n) is 7.11. The molecule has 0 fully saturated rings. The van der Waals surface area contributed by atoms with E-state index in [1.165, 1.54) is 5.56 Å². The molecule has 0 radical (unpaired) electrons. The Morgan fingerprint density at radius 2 is 1.41 bits per heavy atom. The van der Waals surface area contributed by atoms with E-state index < -0.39 is 0 Å². The summed E-state index contributed by atoms with van der Waals surface area (Å²) in [6, 6.07) is 12.1. The van der Waals surface area contributed by atoms with E-state index in [1.54, 1.807) is 7.11 Å². The van der Waals surface area contributed by atoms with Crippen LogP contribution in [0.25, 0.3) is 0 Å². The monoisotopic (exact) mass is 339 g/mol. The molecule has 0 saturated heterocycles. The standard InChI is InChI=1S/C9H12ClN.C9H11ClO/c2*1-7-3-4-8(6-11-2)5-9(7)10/h3-5,11H,6H2,1-2H3;3-5H,6H2,1-2H3. The smallest absolute Gasteiger partial charge is 0.0713 e. The van der Waals surface area contributed by atoms with E-state index in [2.05, 4.69) is 11.4 Å². The third-order valence-electron chi connectivity index (χ3n) is 3.16. The zero-order valence-electron chi connectivity index (χ0n) is 13.5. The summed E-state index contributed by atoms with van der Waals surface area (Å²) in [4.78, 5) is 0. The summed E-state index contributed by atoms with van der Waals surface area (Å²) in [6.07, 6.45) is 0. The van der Waals surface area contributed by atoms with Crippen LogP contribution in [-0.4, -0.2) is 14.2 Å². The highest BCUT2D eigenvalue weighted by Gasteiger charge is 1.96. The van der Waals surface area contributed by atoms with E-state index in [-0.39, 0.29) is 0 Å². The molecule has 0 aliphatic carbocycles. The van der Waals surface area contributed by atoms with Crippen molar-refractivity contribution >= 4 is 23.2 Å². The van der Waals surface area contributed by atoms with Crippen LogP contribution in [-0.2, 0) is 17.9 Å². The van der Waals surface area contributed by atoms with Crippen molar-refractivity contribution in [2.45, 2.75) is 27.0 Å². The number of hydrogen-bond acceptors (Lipinski definition) is 2. The van der Waals surface area contributed by atoms with Crippen molar-refractivity contribution < 1.29 is 4.74 Å². The average Bonchev–Trinajstić information content (AvgIpc) is 2.48. The van der Waals surface area contributed by atoms with Gasteiger partial charge in [0.25, 0.3) is 0 Å². The van der Waals surface area contributed by atoms with Crippen LogP contribution >= 0.6 is 23.2 Å². The second kappa shape index (κ2) is 9.86. The van der Waals surface area contributed by atoms with Crippen LogP contribution in [0.2, 0.25) is 10.0 Å². The summed E-state index contributed by atoms with van der Waals surface area (Å²) in [5.41, 5.74) is 4.57. The van der Waals surface area contributed by atoms with Gasteiger partial charge >= 0.3 is 0 Å². The van der Waals surface area contributed by atoms with Crippen molar-refractivity contribution in [1.29, 1.82) is 0 Å². The Hall–Kier alpha value is -1.06. The molecule has 0 aliphatic rings. The summed E-state index contributed by atoms with van der Waals surface area (Å²) in [5.74, 6) is 0. The van der Waals surface area contributed by atoms with Gasteiger partial charge in [0, 0.05) is 23.7 Å². The number of methoxy groups -OCH3 is 1. The molecule has 0 spiro atoms. The molecule has 22 heavy (non-hydrogen) atoms. The molecule has 0 bridgehead atoms. The highest BCUT2D eigenvalue weighted by atomic mass is 35.5. The summed E-state index contributed by atoms with van der Waals surface area (Å²) in [5, 5.41) is 4.72. The predicted molar refractivity (Wildman–Crippen MR) is 95.9 cm³/mol. The van der Waals surface area contributed by atoms with Gasteiger partial charge < -0.3 is 10.1 Å². The van der Waals surface area contributed by atoms with Crippen molar-refractivity contribution in [3.63, 3.8) is 0 Å². The zero-order chi connectivity index (χ0) is 16.5. The molecule has 0 atom stereocenters. The maximum atomic E-state index is 5.92. The number of benzene rings is 2. The van der Waals surface area contributed by atoms with Crippen LogP contribution in [0, 0.1) is 13.8 Å². The minimum Gasteiger partial charge on any atom is -0.380 e. The van der Waals surface area contributed by atoms with Crippen molar-refractivity contribution in [2.75, 3.05) is 14.2 Å². The minimum absolute atomic E-state index is 0.625. The van der Waals surface area contributed by atoms with Gasteiger partial charge in [-0.15, -0.1) is 0 Å². The Morgan fingerprint density at radius 3 is 1.86 bits per heavy atom. The molecule has 120 valence electrons. The van der Waals surface area contributed by atoms with Crippen LogP contribution in [0.3, 0.4) is 0 Å². The second-order valence-corrected chi connectivity index (χ2v) is 5.94. The zero-order valence-corrected chi connectivity index (χ0v) is 15.1. The van der Waals surface area contributed by atoms with Gasteiger partial charge in [0.2, 0.25) is 0 Å². The first kappa shape index (κ1) is 19.0. The van der Waals surface area contributed by atoms with Gasteiger partial charge in [-0.2, -0.15) is 0 Å². The lowest BCUT2D eigenvalue weighted by Crippen LogP contribution is -2.04. The van der Waals surface area contributed by atoms with Crippen molar-refractivity contribution in [1.82, 2.24) is 5.32 Å². The normalized spacial score (nSPS) is 10.1. The van der Waals surface area contributed by atoms with E-state index in [9.17, 15) is 0 Å². The van der Waals surface area contributed by atoms with Gasteiger partial charge in [-0.1, -0.05) is 47.5 Å². The molecule has 2 rings (SSSR count). The third-order valence-corrected chi connectivity index (χ3v) is 3.98. The maximum absolute atomic E-state index is 5.92. The highest BCUT2D eigenvalue weighted by molar-refractivity contribution is 6.31. The van der Waals surface area contributed by atoms with Gasteiger partial charge in [0.1, 0.15) is 0 Å². The fourth-order valence-corrected chi connectivity index (χ4v) is 2.25. The number of rotatable bonds is 4. The molecular weight excluding hydrogens is 317 g/mol. The number of ether oxygens (including phenoxy) is 1. The molecule has 4 heteroatoms. The average molecular weight is 340 g/mol. The lowest BCUT2D eigenvalue weighted by atomic mass is 10.1. The molecule has 0 aromatic heterocycles. The summed E-state index contributed by atoms with van der Waals surface area (Å²) >= 11 is 11.8. The molecular formula is C18H23Cl2NO. The van der Waals surface area contributed by atoms with E-state index >= 15 is 0 Å². The fourth-order valence-electron chi connectivity index (χ4n) is 1.84. The molecule has 1 N–H and O–H groups in total. The highest BCUT2D eigenvalue weighted by Crippen LogP contribution is 2.17. The van der Waals surface area contributed by atoms with Gasteiger partial charge in [-0.3, -0.25) is 0 Å². The van der Waals surface area contributed by atoms with Gasteiger partial charge in [0.05, 0.1) is 6.61 Å². The van der Waals surface area contributed by atoms with Crippen LogP contribution in [0.15, 0.2) is 36.4 Å². The Morgan fingerprint density at radius 1 is 0.909 bits per heavy atom. The maximum Gasteiger partial charge on any atom is 0.0713 e. The van der Waals surface area contributed by atoms with Crippen molar-refractivity contribution in [3.05, 3.63) is 68.7 Å². The summed E-state index contributed by atoms with van der Waals surface area (Å²) in [7, 11) is 3.60. The first-order valence-corrected chi connectivity index (χ1v) is 7.87. The Labute approximate surface area is 143 Å². The van der Waals surface area contributed by atoms with E-state index in [1.807, 2.05) is 51.2 Å². The van der Waals surface area contributed by atoms with E-state index in [0.717, 1.165) is 33.3 Å². The van der Waals surface area contributed by atoms with Crippen LogP contribution < -0.4 is 5.32 Å². The Balaban J connectivity index is 0.000000220. The van der Waals surface area contributed by atoms with Gasteiger partial charge in [-0.25, -0.2) is 0 Å². The molecule has 0 saturated carbocycles. The molecule has 2 aromatic rings. The largest absolute Gasteiger partial charge is 0.380 e. The lowest BCUT2D eigenvalue weighted by Gasteiger charge is -2.02. The topological polar surface area (TPSA) is 21.3 Å². The Bertz CT molecular complexity index is 546. The lowest BCUT2D eigenvalue weighted by molar-refractivity contribution is 0.185. The summed E-state index contributed by atoms with van der Waals surface area (Å²) in [6.45, 7) is 5.49. The minimum atomic E-state index is 0.625. The molecule has 0 unspecified atom stereocenters. The Kier molecular flexibility index (Phi) is 8.51. The van der Waals surface area contributed by atoms with Crippen molar-refractivity contribution in [3.8, 4) is 0 Å². The van der Waals surface area contributed by atoms with Gasteiger partial charge in [-0.05, 0) is 55.3 Å². The summed E-state index contributed by atoms with van der Waals surface area (Å²) < 4.78 is 4.96. The number of halogens is 2. The van der Waals surface area contributed by atoms with Crippen LogP contribution in [0.4, 0.5) is 0 Å². The van der Waals surface area contributed by atoms with E-state index in [4.69, 9.17) is 27.9 Å². The molecule has 2 aromatic carbocycles. The molecule has 0 heterocycles. The predicted octanol–water partition coefficient (Wildman–Crippen LogP) is 5.16. The molecule has 0 amide bonds. The number of hydrogen-bond donors (Lipinski definition) is 1. The fraction of sp³-hybridized carbons (Fsp3) is 0.333. The number of aryl methyl sites for hydroxylation is 2. The van der Waals surface area contributed by atoms with Crippen LogP contribution in [0.5, 0.6) is 0 Å². The molecule has 2 nitrogen and oxygen atoms in total. The van der Waals surface area contributed by atoms with E-state index in [0.29, 0.717) is 6.61 Å². The third kappa shape index (κ3) is 6.37. The first-order chi connectivity index (χ1) is 10.5. The SMILES string of the molecule is CNCc1ccc(C)c(Cl)c1.COCc1ccc(C)c(Cl)c1. The number of nitrogens with one attached hydrogen (secondary N) is 1. The van der Waals surface area contributed by atoms with Crippen LogP contribution in [0.1, 0.15) is 22.3 Å². The quantitative estimate of drug-likeness (QED) is 0.830. The van der Waals surface area contributed by atoms with Crippen molar-refractivity contribution in [2.24, 2.45) is 0 Å². The molecule has 0 aliphatic heterocycles. The second-order valence-electron chi connectivity index (χ2n) is 5.13.